The highest BCUT2D eigenvalue weighted by atomic mass is 79.9. The molecule has 0 radical (unpaired) electrons. The van der Waals surface area contributed by atoms with E-state index in [0.29, 0.717) is 0 Å². The molecule has 1 amide bonds. The Labute approximate surface area is 128 Å². The van der Waals surface area contributed by atoms with E-state index in [4.69, 9.17) is 11.6 Å². The van der Waals surface area contributed by atoms with Crippen molar-refractivity contribution in [2.75, 3.05) is 5.32 Å². The van der Waals surface area contributed by atoms with Gasteiger partial charge in [0.25, 0.3) is 5.91 Å². The standard InChI is InChI=1S/C10H4BrClF3N3OS/c11-5-1-4(10(13,14)15)2-6(3-5)16-7(19)8-17-18-9(12)20-8/h1-3H,(H,16,19). The van der Waals surface area contributed by atoms with Gasteiger partial charge in [-0.1, -0.05) is 27.3 Å². The number of hydrogen-bond donors (Lipinski definition) is 1. The molecule has 1 aromatic carbocycles. The summed E-state index contributed by atoms with van der Waals surface area (Å²) in [5.74, 6) is -0.680. The van der Waals surface area contributed by atoms with Crippen molar-refractivity contribution in [3.63, 3.8) is 0 Å². The number of halogens is 5. The first-order valence-corrected chi connectivity index (χ1v) is 6.92. The van der Waals surface area contributed by atoms with Gasteiger partial charge in [-0.15, -0.1) is 10.2 Å². The maximum atomic E-state index is 12.6. The van der Waals surface area contributed by atoms with E-state index < -0.39 is 17.6 Å². The van der Waals surface area contributed by atoms with Crippen molar-refractivity contribution in [1.82, 2.24) is 10.2 Å². The van der Waals surface area contributed by atoms with Crippen LogP contribution in [0, 0.1) is 0 Å². The van der Waals surface area contributed by atoms with E-state index >= 15 is 0 Å². The number of alkyl halides is 3. The van der Waals surface area contributed by atoms with Crippen molar-refractivity contribution in [3.8, 4) is 0 Å². The van der Waals surface area contributed by atoms with Crippen LogP contribution >= 0.6 is 38.9 Å². The lowest BCUT2D eigenvalue weighted by molar-refractivity contribution is -0.137. The molecule has 0 aliphatic heterocycles. The average molecular weight is 387 g/mol. The summed E-state index contributed by atoms with van der Waals surface area (Å²) in [4.78, 5) is 11.7. The summed E-state index contributed by atoms with van der Waals surface area (Å²) in [5, 5.41) is 9.20. The molecule has 106 valence electrons. The van der Waals surface area contributed by atoms with E-state index in [2.05, 4.69) is 31.4 Å². The van der Waals surface area contributed by atoms with Gasteiger partial charge in [0.2, 0.25) is 9.47 Å². The topological polar surface area (TPSA) is 54.9 Å². The first kappa shape index (κ1) is 15.2. The summed E-state index contributed by atoms with van der Waals surface area (Å²) >= 11 is 9.31. The highest BCUT2D eigenvalue weighted by molar-refractivity contribution is 9.10. The minimum atomic E-state index is -4.50. The number of rotatable bonds is 2. The number of benzene rings is 1. The fraction of sp³-hybridized carbons (Fsp3) is 0.100. The largest absolute Gasteiger partial charge is 0.416 e. The molecule has 0 unspecified atom stereocenters. The Hall–Kier alpha value is -1.19. The molecular formula is C10H4BrClF3N3OS. The maximum absolute atomic E-state index is 12.6. The van der Waals surface area contributed by atoms with E-state index in [0.717, 1.165) is 23.5 Å². The second kappa shape index (κ2) is 5.66. The molecule has 0 aliphatic carbocycles. The van der Waals surface area contributed by atoms with Crippen LogP contribution in [0.15, 0.2) is 22.7 Å². The lowest BCUT2D eigenvalue weighted by Crippen LogP contribution is -2.13. The Morgan fingerprint density at radius 3 is 2.55 bits per heavy atom. The van der Waals surface area contributed by atoms with Gasteiger partial charge in [-0.3, -0.25) is 4.79 Å². The number of aromatic nitrogens is 2. The molecule has 1 aromatic heterocycles. The van der Waals surface area contributed by atoms with Gasteiger partial charge in [-0.05, 0) is 29.8 Å². The van der Waals surface area contributed by atoms with Crippen molar-refractivity contribution in [1.29, 1.82) is 0 Å². The van der Waals surface area contributed by atoms with Crippen LogP contribution in [0.4, 0.5) is 18.9 Å². The van der Waals surface area contributed by atoms with Crippen LogP contribution in [0.3, 0.4) is 0 Å². The van der Waals surface area contributed by atoms with Crippen LogP contribution in [0.1, 0.15) is 15.4 Å². The number of anilines is 1. The Morgan fingerprint density at radius 1 is 1.30 bits per heavy atom. The molecule has 10 heteroatoms. The predicted molar refractivity (Wildman–Crippen MR) is 72.0 cm³/mol. The van der Waals surface area contributed by atoms with Crippen molar-refractivity contribution in [2.45, 2.75) is 6.18 Å². The highest BCUT2D eigenvalue weighted by Gasteiger charge is 2.31. The number of nitrogens with zero attached hydrogens (tertiary/aromatic N) is 2. The van der Waals surface area contributed by atoms with Crippen LogP contribution in [-0.2, 0) is 6.18 Å². The highest BCUT2D eigenvalue weighted by Crippen LogP contribution is 2.33. The van der Waals surface area contributed by atoms with Crippen molar-refractivity contribution in [2.24, 2.45) is 0 Å². The van der Waals surface area contributed by atoms with Crippen molar-refractivity contribution < 1.29 is 18.0 Å². The Morgan fingerprint density at radius 2 is 2.00 bits per heavy atom. The van der Waals surface area contributed by atoms with Crippen molar-refractivity contribution >= 4 is 50.5 Å². The Balaban J connectivity index is 2.25. The first-order chi connectivity index (χ1) is 9.25. The average Bonchev–Trinajstić information content (AvgIpc) is 2.74. The molecule has 4 nitrogen and oxygen atoms in total. The second-order valence-electron chi connectivity index (χ2n) is 3.54. The van der Waals surface area contributed by atoms with E-state index in [1.54, 1.807) is 0 Å². The molecule has 0 saturated heterocycles. The number of nitrogens with one attached hydrogen (secondary N) is 1. The lowest BCUT2D eigenvalue weighted by atomic mass is 10.2. The molecule has 0 aliphatic rings. The Kier molecular flexibility index (Phi) is 4.31. The van der Waals surface area contributed by atoms with Gasteiger partial charge in [0.1, 0.15) is 0 Å². The smallest absolute Gasteiger partial charge is 0.320 e. The van der Waals surface area contributed by atoms with E-state index in [-0.39, 0.29) is 19.6 Å². The number of hydrogen-bond acceptors (Lipinski definition) is 4. The zero-order valence-corrected chi connectivity index (χ0v) is 12.5. The summed E-state index contributed by atoms with van der Waals surface area (Å²) in [6.45, 7) is 0. The monoisotopic (exact) mass is 385 g/mol. The second-order valence-corrected chi connectivity index (χ2v) is 6.02. The molecule has 0 fully saturated rings. The quantitative estimate of drug-likeness (QED) is 0.840. The minimum absolute atomic E-state index is 0.0111. The normalized spacial score (nSPS) is 11.4. The summed E-state index contributed by atoms with van der Waals surface area (Å²) < 4.78 is 38.2. The van der Waals surface area contributed by atoms with Crippen LogP contribution < -0.4 is 5.32 Å². The maximum Gasteiger partial charge on any atom is 0.416 e. The molecule has 2 aromatic rings. The van der Waals surface area contributed by atoms with Gasteiger partial charge in [-0.25, -0.2) is 0 Å². The van der Waals surface area contributed by atoms with E-state index in [1.807, 2.05) is 0 Å². The zero-order chi connectivity index (χ0) is 14.9. The summed E-state index contributed by atoms with van der Waals surface area (Å²) in [5.41, 5.74) is -0.888. The number of carbonyl (C=O) groups excluding carboxylic acids is 1. The van der Waals surface area contributed by atoms with Gasteiger partial charge in [0.15, 0.2) is 0 Å². The third kappa shape index (κ3) is 3.68. The lowest BCUT2D eigenvalue weighted by Gasteiger charge is -2.10. The van der Waals surface area contributed by atoms with Gasteiger partial charge in [-0.2, -0.15) is 13.2 Å². The zero-order valence-electron chi connectivity index (χ0n) is 9.33. The number of carbonyl (C=O) groups is 1. The van der Waals surface area contributed by atoms with E-state index in [1.165, 1.54) is 6.07 Å². The van der Waals surface area contributed by atoms with E-state index in [9.17, 15) is 18.0 Å². The van der Waals surface area contributed by atoms with Crippen molar-refractivity contribution in [3.05, 3.63) is 37.7 Å². The number of amides is 1. The van der Waals surface area contributed by atoms with Crippen LogP contribution in [0.2, 0.25) is 4.47 Å². The Bertz CT molecular complexity index is 661. The molecule has 1 N–H and O–H groups in total. The molecule has 20 heavy (non-hydrogen) atoms. The van der Waals surface area contributed by atoms with Crippen LogP contribution in [0.5, 0.6) is 0 Å². The summed E-state index contributed by atoms with van der Waals surface area (Å²) in [6, 6.07) is 3.08. The van der Waals surface area contributed by atoms with Gasteiger partial charge in [0, 0.05) is 10.2 Å². The van der Waals surface area contributed by atoms with Gasteiger partial charge in [0.05, 0.1) is 5.56 Å². The van der Waals surface area contributed by atoms with Crippen LogP contribution in [-0.4, -0.2) is 16.1 Å². The molecule has 2 rings (SSSR count). The third-order valence-corrected chi connectivity index (χ3v) is 3.55. The SMILES string of the molecule is O=C(Nc1cc(Br)cc(C(F)(F)F)c1)c1nnc(Cl)s1. The summed E-state index contributed by atoms with van der Waals surface area (Å²) in [7, 11) is 0. The van der Waals surface area contributed by atoms with Gasteiger partial charge < -0.3 is 5.32 Å². The molecular weight excluding hydrogens is 383 g/mol. The molecule has 1 heterocycles. The fourth-order valence-corrected chi connectivity index (χ4v) is 2.52. The fourth-order valence-electron chi connectivity index (χ4n) is 1.31. The molecule has 0 bridgehead atoms. The predicted octanol–water partition coefficient (Wildman–Crippen LogP) is 4.23. The summed E-state index contributed by atoms with van der Waals surface area (Å²) in [6.07, 6.45) is -4.50. The minimum Gasteiger partial charge on any atom is -0.320 e. The molecule has 0 saturated carbocycles. The molecule has 0 atom stereocenters. The van der Waals surface area contributed by atoms with Crippen LogP contribution in [0.25, 0.3) is 0 Å². The first-order valence-electron chi connectivity index (χ1n) is 4.94. The van der Waals surface area contributed by atoms with Gasteiger partial charge >= 0.3 is 6.18 Å². The third-order valence-electron chi connectivity index (χ3n) is 2.08. The molecule has 0 spiro atoms.